The summed E-state index contributed by atoms with van der Waals surface area (Å²) in [5.74, 6) is 0. The average Bonchev–Trinajstić information content (AvgIpc) is 2.61. The Morgan fingerprint density at radius 1 is 0.760 bits per heavy atom. The molecule has 128 valence electrons. The summed E-state index contributed by atoms with van der Waals surface area (Å²) in [4.78, 5) is 25.4. The summed E-state index contributed by atoms with van der Waals surface area (Å²) in [5, 5.41) is 1.43. The van der Waals surface area contributed by atoms with Gasteiger partial charge in [0.2, 0.25) is 0 Å². The number of carbonyl (C=O) groups is 1. The van der Waals surface area contributed by atoms with E-state index in [-0.39, 0.29) is 5.52 Å². The third kappa shape index (κ3) is 3.16. The van der Waals surface area contributed by atoms with Gasteiger partial charge in [-0.2, -0.15) is 0 Å². The average molecular weight is 350 g/mol. The van der Waals surface area contributed by atoms with Crippen LogP contribution in [0.4, 0.5) is 0 Å². The van der Waals surface area contributed by atoms with Crippen molar-refractivity contribution in [1.82, 2.24) is 0 Å². The Bertz CT molecular complexity index is 839. The Morgan fingerprint density at radius 2 is 1.16 bits per heavy atom. The van der Waals surface area contributed by atoms with Gasteiger partial charge in [0, 0.05) is 0 Å². The topological polar surface area (TPSA) is 37.3 Å². The summed E-state index contributed by atoms with van der Waals surface area (Å²) in [6, 6.07) is 22.7. The molecular weight excluding hydrogens is 327 g/mol. The van der Waals surface area contributed by atoms with Crippen LogP contribution >= 0.6 is 7.49 Å². The molecule has 3 aromatic carbocycles. The van der Waals surface area contributed by atoms with Crippen LogP contribution in [-0.2, 0) is 0 Å². The van der Waals surface area contributed by atoms with Crippen LogP contribution in [0, 0.1) is 20.8 Å². The molecular formula is C22H23O2P. The Labute approximate surface area is 149 Å². The molecule has 0 amide bonds. The Balaban J connectivity index is 2.25. The van der Waals surface area contributed by atoms with E-state index in [2.05, 4.69) is 0 Å². The van der Waals surface area contributed by atoms with Gasteiger partial charge in [-0.15, -0.1) is 0 Å². The maximum absolute atomic E-state index is 13.6. The van der Waals surface area contributed by atoms with Crippen molar-refractivity contribution >= 4 is 23.6 Å². The van der Waals surface area contributed by atoms with Gasteiger partial charge in [0.25, 0.3) is 0 Å². The third-order valence-electron chi connectivity index (χ3n) is 4.62. The minimum atomic E-state index is -3.56. The van der Waals surface area contributed by atoms with Crippen LogP contribution in [0.3, 0.4) is 0 Å². The predicted molar refractivity (Wildman–Crippen MR) is 108 cm³/mol. The molecule has 0 radical (unpaired) electrons. The van der Waals surface area contributed by atoms with E-state index < -0.39 is 7.49 Å². The first-order chi connectivity index (χ1) is 11.9. The number of hydrogen-bond donors (Lipinski definition) is 1. The molecule has 1 N–H and O–H groups in total. The maximum atomic E-state index is 13.6. The molecule has 0 aliphatic heterocycles. The fourth-order valence-electron chi connectivity index (χ4n) is 3.51. The Hall–Kier alpha value is -2.28. The van der Waals surface area contributed by atoms with Gasteiger partial charge >= 0.3 is 149 Å². The molecule has 0 aliphatic carbocycles. The Morgan fingerprint density at radius 3 is 1.56 bits per heavy atom. The van der Waals surface area contributed by atoms with Gasteiger partial charge in [-0.25, -0.2) is 0 Å². The number of hydrogen-bond acceptors (Lipinski definition) is 2. The van der Waals surface area contributed by atoms with E-state index >= 15 is 0 Å². The number of aryl methyl sites for hydroxylation is 3. The van der Waals surface area contributed by atoms with Crippen molar-refractivity contribution in [3.8, 4) is 0 Å². The van der Waals surface area contributed by atoms with Crippen LogP contribution in [0.5, 0.6) is 0 Å². The van der Waals surface area contributed by atoms with E-state index in [1.807, 2.05) is 93.6 Å². The van der Waals surface area contributed by atoms with E-state index in [0.717, 1.165) is 16.7 Å². The molecule has 0 fully saturated rings. The van der Waals surface area contributed by atoms with E-state index in [1.165, 1.54) is 0 Å². The number of rotatable bonds is 4. The van der Waals surface area contributed by atoms with Gasteiger partial charge in [-0.05, 0) is 0 Å². The standard InChI is InChI=1S/C22H23O2P/c1-16-14-17(2)21(18(3)15-16)22(23)25(24,19-10-6-4-7-11-19)20-12-8-5-9-13-20/h4-15,24-25H,1-3H3. The molecule has 25 heavy (non-hydrogen) atoms. The first-order valence-electron chi connectivity index (χ1n) is 8.40. The number of benzene rings is 3. The van der Waals surface area contributed by atoms with Crippen molar-refractivity contribution in [1.29, 1.82) is 0 Å². The summed E-state index contributed by atoms with van der Waals surface area (Å²) in [5.41, 5.74) is 3.45. The van der Waals surface area contributed by atoms with Gasteiger partial charge in [0.15, 0.2) is 0 Å². The first-order valence-corrected chi connectivity index (χ1v) is 10.4. The molecule has 0 saturated carbocycles. The zero-order valence-corrected chi connectivity index (χ0v) is 15.8. The van der Waals surface area contributed by atoms with Crippen LogP contribution in [0.2, 0.25) is 0 Å². The van der Waals surface area contributed by atoms with Crippen molar-refractivity contribution in [3.05, 3.63) is 95.1 Å². The molecule has 3 heteroatoms. The monoisotopic (exact) mass is 350 g/mol. The van der Waals surface area contributed by atoms with Gasteiger partial charge < -0.3 is 0 Å². The molecule has 3 rings (SSSR count). The molecule has 0 spiro atoms. The second-order valence-corrected chi connectivity index (χ2v) is 9.57. The fraction of sp³-hybridized carbons (Fsp3) is 0.136. The normalized spacial score (nSPS) is 12.0. The summed E-state index contributed by atoms with van der Waals surface area (Å²) >= 11 is 0. The molecule has 2 nitrogen and oxygen atoms in total. The first kappa shape index (κ1) is 17.5. The minimum absolute atomic E-state index is 0.153. The zero-order chi connectivity index (χ0) is 18.0. The summed E-state index contributed by atoms with van der Waals surface area (Å²) in [7, 11) is -3.56. The molecule has 0 saturated heterocycles. The van der Waals surface area contributed by atoms with Crippen molar-refractivity contribution in [2.24, 2.45) is 0 Å². The molecule has 0 heterocycles. The van der Waals surface area contributed by atoms with Crippen molar-refractivity contribution in [2.45, 2.75) is 20.8 Å². The van der Waals surface area contributed by atoms with Crippen LogP contribution in [0.15, 0.2) is 72.8 Å². The van der Waals surface area contributed by atoms with Crippen LogP contribution < -0.4 is 10.6 Å². The van der Waals surface area contributed by atoms with Crippen LogP contribution in [0.1, 0.15) is 27.0 Å². The van der Waals surface area contributed by atoms with Crippen molar-refractivity contribution < 1.29 is 9.69 Å². The molecule has 0 atom stereocenters. The number of carbonyl (C=O) groups excluding carboxylic acids is 1. The SMILES string of the molecule is Cc1cc(C)c(C(=O)[PH](O)(c2ccccc2)c2ccccc2)c(C)c1. The molecule has 0 unspecified atom stereocenters. The zero-order valence-electron chi connectivity index (χ0n) is 14.8. The van der Waals surface area contributed by atoms with Crippen LogP contribution in [0.25, 0.3) is 0 Å². The van der Waals surface area contributed by atoms with Crippen molar-refractivity contribution in [3.63, 3.8) is 0 Å². The van der Waals surface area contributed by atoms with E-state index in [9.17, 15) is 9.69 Å². The summed E-state index contributed by atoms with van der Waals surface area (Å²) < 4.78 is 0. The molecule has 0 aliphatic rings. The second-order valence-electron chi connectivity index (χ2n) is 6.55. The van der Waals surface area contributed by atoms with Gasteiger partial charge in [-0.3, -0.25) is 0 Å². The predicted octanol–water partition coefficient (Wildman–Crippen LogP) is 4.06. The van der Waals surface area contributed by atoms with E-state index in [0.29, 0.717) is 16.2 Å². The fourth-order valence-corrected chi connectivity index (χ4v) is 6.47. The van der Waals surface area contributed by atoms with E-state index in [4.69, 9.17) is 0 Å². The van der Waals surface area contributed by atoms with Gasteiger partial charge in [0.05, 0.1) is 0 Å². The summed E-state index contributed by atoms with van der Waals surface area (Å²) in [6.45, 7) is 5.91. The molecule has 0 aromatic heterocycles. The van der Waals surface area contributed by atoms with Gasteiger partial charge in [0.1, 0.15) is 0 Å². The Kier molecular flexibility index (Phi) is 4.85. The quantitative estimate of drug-likeness (QED) is 0.721. The summed E-state index contributed by atoms with van der Waals surface area (Å²) in [6.07, 6.45) is 0. The molecule has 3 aromatic rings. The van der Waals surface area contributed by atoms with Gasteiger partial charge in [-0.1, -0.05) is 0 Å². The second kappa shape index (κ2) is 6.92. The van der Waals surface area contributed by atoms with E-state index in [1.54, 1.807) is 0 Å². The van der Waals surface area contributed by atoms with Crippen LogP contribution in [-0.4, -0.2) is 10.4 Å². The third-order valence-corrected chi connectivity index (χ3v) is 7.86. The molecule has 0 bridgehead atoms. The van der Waals surface area contributed by atoms with Crippen molar-refractivity contribution in [2.75, 3.05) is 0 Å².